The lowest BCUT2D eigenvalue weighted by Crippen LogP contribution is -2.53. The zero-order valence-corrected chi connectivity index (χ0v) is 23.1. The maximum Gasteiger partial charge on any atom is 0.271 e. The molecule has 0 spiro atoms. The Balaban J connectivity index is 2.05. The number of nitro benzene ring substituents is 1. The van der Waals surface area contributed by atoms with E-state index in [1.807, 2.05) is 30.3 Å². The molecule has 2 amide bonds. The van der Waals surface area contributed by atoms with Crippen LogP contribution >= 0.6 is 11.6 Å². The highest BCUT2D eigenvalue weighted by Crippen LogP contribution is 2.24. The predicted molar refractivity (Wildman–Crippen MR) is 150 cm³/mol. The van der Waals surface area contributed by atoms with Gasteiger partial charge in [-0.15, -0.1) is 0 Å². The van der Waals surface area contributed by atoms with E-state index in [0.717, 1.165) is 22.2 Å². The molecule has 0 unspecified atom stereocenters. The van der Waals surface area contributed by atoms with Crippen LogP contribution in [-0.4, -0.2) is 55.4 Å². The molecule has 0 saturated heterocycles. The SMILES string of the molecule is CCNC(=O)[C@@H](Cc1ccccc1)N(Cc1ccc(Cl)cc1)C(=O)CN(c1cccc([N+](=O)[O-])c1)S(C)(=O)=O. The molecule has 0 radical (unpaired) electrons. The van der Waals surface area contributed by atoms with E-state index in [-0.39, 0.29) is 24.3 Å². The summed E-state index contributed by atoms with van der Waals surface area (Å²) >= 11 is 6.03. The van der Waals surface area contributed by atoms with Crippen molar-refractivity contribution >= 4 is 44.8 Å². The maximum atomic E-state index is 13.9. The van der Waals surface area contributed by atoms with E-state index in [4.69, 9.17) is 11.6 Å². The highest BCUT2D eigenvalue weighted by molar-refractivity contribution is 7.92. The topological polar surface area (TPSA) is 130 Å². The van der Waals surface area contributed by atoms with E-state index in [9.17, 15) is 28.1 Å². The van der Waals surface area contributed by atoms with Gasteiger partial charge in [-0.1, -0.05) is 60.1 Å². The van der Waals surface area contributed by atoms with Crippen LogP contribution in [-0.2, 0) is 32.6 Å². The van der Waals surface area contributed by atoms with Crippen LogP contribution in [0.15, 0.2) is 78.9 Å². The van der Waals surface area contributed by atoms with Gasteiger partial charge in [-0.25, -0.2) is 8.42 Å². The maximum absolute atomic E-state index is 13.9. The molecule has 12 heteroatoms. The van der Waals surface area contributed by atoms with Crippen molar-refractivity contribution in [2.75, 3.05) is 23.7 Å². The lowest BCUT2D eigenvalue weighted by Gasteiger charge is -2.33. The Kier molecular flexibility index (Phi) is 10.0. The molecule has 0 aromatic heterocycles. The molecule has 0 bridgehead atoms. The van der Waals surface area contributed by atoms with Gasteiger partial charge in [0.25, 0.3) is 5.69 Å². The fourth-order valence-electron chi connectivity index (χ4n) is 4.01. The molecule has 10 nitrogen and oxygen atoms in total. The summed E-state index contributed by atoms with van der Waals surface area (Å²) in [5.74, 6) is -1.06. The van der Waals surface area contributed by atoms with E-state index < -0.39 is 39.3 Å². The number of hydrogen-bond acceptors (Lipinski definition) is 6. The Bertz CT molecular complexity index is 1420. The molecule has 206 valence electrons. The third-order valence-corrected chi connectivity index (χ3v) is 7.29. The number of rotatable bonds is 12. The molecule has 1 N–H and O–H groups in total. The molecular formula is C27H29ClN4O6S. The molecule has 3 aromatic carbocycles. The molecule has 3 rings (SSSR count). The van der Waals surface area contributed by atoms with Gasteiger partial charge in [-0.3, -0.25) is 24.0 Å². The summed E-state index contributed by atoms with van der Waals surface area (Å²) in [6.45, 7) is 1.42. The molecule has 0 aliphatic carbocycles. The first-order valence-electron chi connectivity index (χ1n) is 12.1. The van der Waals surface area contributed by atoms with Gasteiger partial charge in [-0.2, -0.15) is 0 Å². The summed E-state index contributed by atoms with van der Waals surface area (Å²) in [5.41, 5.74) is 1.12. The number of halogens is 1. The fourth-order valence-corrected chi connectivity index (χ4v) is 4.98. The standard InChI is InChI=1S/C27H29ClN4O6S/c1-3-29-27(34)25(16-20-8-5-4-6-9-20)30(18-21-12-14-22(28)15-13-21)26(33)19-31(39(2,37)38)23-10-7-11-24(17-23)32(35)36/h4-15,17,25H,3,16,18-19H2,1-2H3,(H,29,34)/t25-/m1/s1. The second-order valence-corrected chi connectivity index (χ2v) is 11.1. The van der Waals surface area contributed by atoms with E-state index in [0.29, 0.717) is 17.1 Å². The van der Waals surface area contributed by atoms with Crippen LogP contribution in [0.2, 0.25) is 5.02 Å². The second-order valence-electron chi connectivity index (χ2n) is 8.79. The molecule has 0 aliphatic heterocycles. The number of amides is 2. The van der Waals surface area contributed by atoms with Gasteiger partial charge in [-0.05, 0) is 36.2 Å². The van der Waals surface area contributed by atoms with Crippen molar-refractivity contribution in [3.8, 4) is 0 Å². The van der Waals surface area contributed by atoms with Crippen LogP contribution in [0.3, 0.4) is 0 Å². The lowest BCUT2D eigenvalue weighted by atomic mass is 10.0. The van der Waals surface area contributed by atoms with Crippen LogP contribution in [0.1, 0.15) is 18.1 Å². The number of likely N-dealkylation sites (N-methyl/N-ethyl adjacent to an activating group) is 1. The van der Waals surface area contributed by atoms with Crippen LogP contribution < -0.4 is 9.62 Å². The van der Waals surface area contributed by atoms with Crippen LogP contribution in [0.5, 0.6) is 0 Å². The van der Waals surface area contributed by atoms with Crippen molar-refractivity contribution in [1.29, 1.82) is 0 Å². The van der Waals surface area contributed by atoms with Gasteiger partial charge >= 0.3 is 0 Å². The lowest BCUT2D eigenvalue weighted by molar-refractivity contribution is -0.384. The van der Waals surface area contributed by atoms with Crippen LogP contribution in [0.4, 0.5) is 11.4 Å². The first kappa shape index (κ1) is 29.6. The number of carbonyl (C=O) groups is 2. The van der Waals surface area contributed by atoms with Gasteiger partial charge in [0.1, 0.15) is 12.6 Å². The Hall–Kier alpha value is -3.96. The van der Waals surface area contributed by atoms with Gasteiger partial charge in [0, 0.05) is 36.7 Å². The van der Waals surface area contributed by atoms with Crippen LogP contribution in [0, 0.1) is 10.1 Å². The molecular weight excluding hydrogens is 544 g/mol. The Morgan fingerprint density at radius 2 is 1.67 bits per heavy atom. The molecule has 0 saturated carbocycles. The number of non-ortho nitro benzene ring substituents is 1. The smallest absolute Gasteiger partial charge is 0.271 e. The van der Waals surface area contributed by atoms with E-state index in [1.54, 1.807) is 31.2 Å². The Morgan fingerprint density at radius 3 is 2.26 bits per heavy atom. The van der Waals surface area contributed by atoms with Crippen molar-refractivity contribution in [3.05, 3.63) is 105 Å². The molecule has 0 fully saturated rings. The third kappa shape index (κ3) is 8.26. The Morgan fingerprint density at radius 1 is 1.00 bits per heavy atom. The highest BCUT2D eigenvalue weighted by atomic mass is 35.5. The van der Waals surface area contributed by atoms with Crippen molar-refractivity contribution in [3.63, 3.8) is 0 Å². The number of anilines is 1. The normalized spacial score (nSPS) is 11.9. The summed E-state index contributed by atoms with van der Waals surface area (Å²) in [6.07, 6.45) is 1.09. The van der Waals surface area contributed by atoms with Gasteiger partial charge in [0.05, 0.1) is 16.9 Å². The number of hydrogen-bond donors (Lipinski definition) is 1. The molecule has 3 aromatic rings. The number of sulfonamides is 1. The second kappa shape index (κ2) is 13.2. The minimum absolute atomic E-state index is 0.00280. The zero-order chi connectivity index (χ0) is 28.6. The zero-order valence-electron chi connectivity index (χ0n) is 21.5. The minimum Gasteiger partial charge on any atom is -0.355 e. The summed E-state index contributed by atoms with van der Waals surface area (Å²) in [6, 6.07) is 20.0. The molecule has 0 aliphatic rings. The number of nitrogens with one attached hydrogen (secondary N) is 1. The average molecular weight is 573 g/mol. The quantitative estimate of drug-likeness (QED) is 0.260. The monoisotopic (exact) mass is 572 g/mol. The molecule has 39 heavy (non-hydrogen) atoms. The number of carbonyl (C=O) groups excluding carboxylic acids is 2. The van der Waals surface area contributed by atoms with E-state index in [1.165, 1.54) is 23.1 Å². The summed E-state index contributed by atoms with van der Waals surface area (Å²) < 4.78 is 26.3. The highest BCUT2D eigenvalue weighted by Gasteiger charge is 2.33. The van der Waals surface area contributed by atoms with Crippen molar-refractivity contribution in [1.82, 2.24) is 10.2 Å². The predicted octanol–water partition coefficient (Wildman–Crippen LogP) is 3.79. The molecule has 0 heterocycles. The number of benzene rings is 3. The summed E-state index contributed by atoms with van der Waals surface area (Å²) in [7, 11) is -4.04. The van der Waals surface area contributed by atoms with Crippen molar-refractivity contribution in [2.24, 2.45) is 0 Å². The first-order valence-corrected chi connectivity index (χ1v) is 14.3. The number of nitro groups is 1. The summed E-state index contributed by atoms with van der Waals surface area (Å²) in [4.78, 5) is 39.1. The molecule has 1 atom stereocenters. The Labute approximate surface area is 232 Å². The first-order chi connectivity index (χ1) is 18.5. The van der Waals surface area contributed by atoms with Gasteiger partial charge < -0.3 is 10.2 Å². The van der Waals surface area contributed by atoms with E-state index >= 15 is 0 Å². The summed E-state index contributed by atoms with van der Waals surface area (Å²) in [5, 5.41) is 14.6. The van der Waals surface area contributed by atoms with Gasteiger partial charge in [0.2, 0.25) is 21.8 Å². The largest absolute Gasteiger partial charge is 0.355 e. The van der Waals surface area contributed by atoms with Crippen molar-refractivity contribution in [2.45, 2.75) is 25.9 Å². The van der Waals surface area contributed by atoms with Gasteiger partial charge in [0.15, 0.2) is 0 Å². The van der Waals surface area contributed by atoms with Crippen LogP contribution in [0.25, 0.3) is 0 Å². The van der Waals surface area contributed by atoms with E-state index in [2.05, 4.69) is 5.32 Å². The fraction of sp³-hybridized carbons (Fsp3) is 0.259. The number of nitrogens with zero attached hydrogens (tertiary/aromatic N) is 3. The van der Waals surface area contributed by atoms with Crippen molar-refractivity contribution < 1.29 is 22.9 Å². The average Bonchev–Trinajstić information content (AvgIpc) is 2.90. The third-order valence-electron chi connectivity index (χ3n) is 5.90. The minimum atomic E-state index is -4.04.